The van der Waals surface area contributed by atoms with Gasteiger partial charge in [0.15, 0.2) is 5.82 Å². The van der Waals surface area contributed by atoms with Gasteiger partial charge in [-0.2, -0.15) is 0 Å². The second kappa shape index (κ2) is 13.1. The van der Waals surface area contributed by atoms with Crippen molar-refractivity contribution in [1.82, 2.24) is 9.97 Å². The number of nitrogens with zero attached hydrogens (tertiary/aromatic N) is 3. The van der Waals surface area contributed by atoms with Crippen LogP contribution >= 0.6 is 11.3 Å². The highest BCUT2D eigenvalue weighted by atomic mass is 32.1. The molecule has 11 rings (SSSR count). The van der Waals surface area contributed by atoms with E-state index in [0.717, 1.165) is 39.3 Å². The summed E-state index contributed by atoms with van der Waals surface area (Å²) in [6.45, 7) is 4.78. The van der Waals surface area contributed by atoms with Gasteiger partial charge in [-0.1, -0.05) is 153 Å². The molecule has 3 nitrogen and oxygen atoms in total. The third kappa shape index (κ3) is 5.40. The fraction of sp³-hybridized carbons (Fsp3) is 0.0566. The summed E-state index contributed by atoms with van der Waals surface area (Å²) >= 11 is 1.90. The molecule has 0 fully saturated rings. The lowest BCUT2D eigenvalue weighted by Crippen LogP contribution is -2.31. The van der Waals surface area contributed by atoms with Gasteiger partial charge in [0, 0.05) is 43.3 Å². The van der Waals surface area contributed by atoms with Gasteiger partial charge in [-0.3, -0.25) is 0 Å². The number of hydrogen-bond donors (Lipinski definition) is 0. The lowest BCUT2D eigenvalue weighted by Gasteiger charge is -2.43. The molecule has 2 aromatic heterocycles. The molecule has 4 heteroatoms. The van der Waals surface area contributed by atoms with Crippen molar-refractivity contribution < 1.29 is 0 Å². The highest BCUT2D eigenvalue weighted by Crippen LogP contribution is 2.59. The van der Waals surface area contributed by atoms with Crippen LogP contribution in [0, 0.1) is 0 Å². The molecule has 0 saturated heterocycles. The normalized spacial score (nSPS) is 13.2. The second-order valence-electron chi connectivity index (χ2n) is 15.4. The number of aromatic nitrogens is 2. The molecule has 3 heterocycles. The monoisotopic (exact) mass is 747 g/mol. The zero-order valence-corrected chi connectivity index (χ0v) is 32.5. The van der Waals surface area contributed by atoms with Crippen LogP contribution in [0.5, 0.6) is 0 Å². The number of hydrogen-bond acceptors (Lipinski definition) is 4. The van der Waals surface area contributed by atoms with Crippen LogP contribution in [0.2, 0.25) is 0 Å². The summed E-state index contributed by atoms with van der Waals surface area (Å²) in [5.74, 6) is 0.696. The van der Waals surface area contributed by atoms with Crippen LogP contribution in [0.4, 0.5) is 17.1 Å². The van der Waals surface area contributed by atoms with Crippen molar-refractivity contribution in [3.8, 4) is 45.0 Å². The number of para-hydroxylation sites is 1. The van der Waals surface area contributed by atoms with Crippen molar-refractivity contribution in [3.05, 3.63) is 199 Å². The number of benzene rings is 8. The average molecular weight is 748 g/mol. The number of fused-ring (bicyclic) bond motifs is 9. The molecule has 0 amide bonds. The fourth-order valence-corrected chi connectivity index (χ4v) is 10.2. The molecule has 0 atom stereocenters. The van der Waals surface area contributed by atoms with Gasteiger partial charge < -0.3 is 4.90 Å². The first kappa shape index (κ1) is 33.5. The lowest BCUT2D eigenvalue weighted by molar-refractivity contribution is 0.639. The van der Waals surface area contributed by atoms with Crippen molar-refractivity contribution >= 4 is 59.3 Å². The van der Waals surface area contributed by atoms with E-state index in [9.17, 15) is 0 Å². The Hall–Kier alpha value is -6.88. The van der Waals surface area contributed by atoms with Gasteiger partial charge in [-0.15, -0.1) is 11.3 Å². The molecule has 0 N–H and O–H groups in total. The molecule has 0 radical (unpaired) electrons. The van der Waals surface area contributed by atoms with E-state index in [2.05, 4.69) is 201 Å². The van der Waals surface area contributed by atoms with E-state index >= 15 is 0 Å². The number of thiophene rings is 1. The Bertz CT molecular complexity index is 3150. The van der Waals surface area contributed by atoms with Gasteiger partial charge in [-0.05, 0) is 81.6 Å². The summed E-state index contributed by atoms with van der Waals surface area (Å²) in [6, 6.07) is 67.3. The highest BCUT2D eigenvalue weighted by Gasteiger charge is 2.40. The second-order valence-corrected chi connectivity index (χ2v) is 16.4. The first-order valence-electron chi connectivity index (χ1n) is 19.5. The van der Waals surface area contributed by atoms with Gasteiger partial charge in [0.05, 0.1) is 27.5 Å². The van der Waals surface area contributed by atoms with Gasteiger partial charge in [0.25, 0.3) is 0 Å². The van der Waals surface area contributed by atoms with Crippen molar-refractivity contribution in [1.29, 1.82) is 0 Å². The molecule has 270 valence electrons. The SMILES string of the molecule is CC1(C)c2ccccc2N(c2ccc(-c3nc(-c4ccccc4)cc(-c4cccc(-c5ccccc5)c4)n3)cc2)c2c1c1ccccc1c1c2sc2ccccc21. The van der Waals surface area contributed by atoms with Crippen molar-refractivity contribution in [2.24, 2.45) is 0 Å². The Balaban J connectivity index is 1.10. The first-order chi connectivity index (χ1) is 28.0. The van der Waals surface area contributed by atoms with Gasteiger partial charge in [-0.25, -0.2) is 9.97 Å². The summed E-state index contributed by atoms with van der Waals surface area (Å²) in [5, 5.41) is 5.26. The van der Waals surface area contributed by atoms with E-state index in [1.807, 2.05) is 17.4 Å². The summed E-state index contributed by atoms with van der Waals surface area (Å²) in [7, 11) is 0. The standard InChI is InChI=1S/C53H37N3S/c1-53(2)43-25-12-13-26-46(43)56(50-49(53)41-23-10-9-22-40(41)48-42-24-11-14-27-47(42)57-51(48)50)39-30-28-36(29-31-39)52-54-44(35-18-7-4-8-19-35)33-45(55-52)38-21-15-20-37(32-38)34-16-5-3-6-17-34/h3-33H,1-2H3. The molecule has 0 spiro atoms. The molecule has 8 aromatic carbocycles. The van der Waals surface area contributed by atoms with E-state index in [4.69, 9.17) is 9.97 Å². The van der Waals surface area contributed by atoms with Crippen molar-refractivity contribution in [3.63, 3.8) is 0 Å². The smallest absolute Gasteiger partial charge is 0.160 e. The Labute approximate surface area is 336 Å². The maximum atomic E-state index is 5.24. The maximum absolute atomic E-state index is 5.24. The molecular formula is C53H37N3S. The molecule has 1 aliphatic heterocycles. The van der Waals surface area contributed by atoms with E-state index < -0.39 is 0 Å². The van der Waals surface area contributed by atoms with E-state index in [1.54, 1.807) is 0 Å². The summed E-state index contributed by atoms with van der Waals surface area (Å²) in [4.78, 5) is 12.9. The molecule has 57 heavy (non-hydrogen) atoms. The number of anilines is 3. The van der Waals surface area contributed by atoms with Crippen molar-refractivity contribution in [2.75, 3.05) is 4.90 Å². The Morgan fingerprint density at radius 3 is 1.84 bits per heavy atom. The zero-order chi connectivity index (χ0) is 38.1. The lowest BCUT2D eigenvalue weighted by atomic mass is 9.71. The number of rotatable bonds is 5. The van der Waals surface area contributed by atoms with Crippen LogP contribution in [0.1, 0.15) is 25.0 Å². The molecule has 1 aliphatic rings. The summed E-state index contributed by atoms with van der Waals surface area (Å²) in [6.07, 6.45) is 0. The van der Waals surface area contributed by atoms with Crippen LogP contribution in [0.25, 0.3) is 76.0 Å². The first-order valence-corrected chi connectivity index (χ1v) is 20.3. The molecular weight excluding hydrogens is 711 g/mol. The largest absolute Gasteiger partial charge is 0.308 e. The third-order valence-electron chi connectivity index (χ3n) is 11.6. The van der Waals surface area contributed by atoms with Gasteiger partial charge in [0.2, 0.25) is 0 Å². The third-order valence-corrected chi connectivity index (χ3v) is 12.8. The minimum Gasteiger partial charge on any atom is -0.308 e. The van der Waals surface area contributed by atoms with Crippen LogP contribution in [-0.4, -0.2) is 9.97 Å². The van der Waals surface area contributed by atoms with Gasteiger partial charge >= 0.3 is 0 Å². The highest BCUT2D eigenvalue weighted by molar-refractivity contribution is 7.26. The van der Waals surface area contributed by atoms with Gasteiger partial charge in [0.1, 0.15) is 0 Å². The Kier molecular flexibility index (Phi) is 7.70. The van der Waals surface area contributed by atoms with Crippen LogP contribution in [-0.2, 0) is 5.41 Å². The summed E-state index contributed by atoms with van der Waals surface area (Å²) < 4.78 is 2.62. The maximum Gasteiger partial charge on any atom is 0.160 e. The minimum absolute atomic E-state index is 0.230. The molecule has 10 aromatic rings. The fourth-order valence-electron chi connectivity index (χ4n) is 8.94. The Morgan fingerprint density at radius 2 is 1.07 bits per heavy atom. The molecule has 0 bridgehead atoms. The molecule has 0 unspecified atom stereocenters. The predicted molar refractivity (Wildman–Crippen MR) is 241 cm³/mol. The van der Waals surface area contributed by atoms with E-state index in [1.165, 1.54) is 59.0 Å². The van der Waals surface area contributed by atoms with Crippen molar-refractivity contribution in [2.45, 2.75) is 19.3 Å². The zero-order valence-electron chi connectivity index (χ0n) is 31.6. The molecule has 0 saturated carbocycles. The summed E-state index contributed by atoms with van der Waals surface area (Å²) in [5.41, 5.74) is 13.2. The van der Waals surface area contributed by atoms with Crippen LogP contribution in [0.3, 0.4) is 0 Å². The minimum atomic E-state index is -0.230. The Morgan fingerprint density at radius 1 is 0.474 bits per heavy atom. The van der Waals surface area contributed by atoms with Crippen LogP contribution < -0.4 is 4.90 Å². The van der Waals surface area contributed by atoms with E-state index in [0.29, 0.717) is 5.82 Å². The average Bonchev–Trinajstić information content (AvgIpc) is 3.67. The molecule has 0 aliphatic carbocycles. The quantitative estimate of drug-likeness (QED) is 0.176. The van der Waals surface area contributed by atoms with Crippen LogP contribution in [0.15, 0.2) is 188 Å². The van der Waals surface area contributed by atoms with E-state index in [-0.39, 0.29) is 5.41 Å². The topological polar surface area (TPSA) is 29.0 Å². The predicted octanol–water partition coefficient (Wildman–Crippen LogP) is 14.8.